The van der Waals surface area contributed by atoms with Crippen LogP contribution in [0.2, 0.25) is 0 Å². The van der Waals surface area contributed by atoms with Crippen LogP contribution in [-0.2, 0) is 5.54 Å². The third-order valence-electron chi connectivity index (χ3n) is 7.50. The molecular formula is C30H27N7O. The molecule has 2 aromatic carbocycles. The van der Waals surface area contributed by atoms with E-state index in [1.54, 1.807) is 4.52 Å². The van der Waals surface area contributed by atoms with E-state index in [1.807, 2.05) is 56.6 Å². The Morgan fingerprint density at radius 2 is 1.74 bits per heavy atom. The van der Waals surface area contributed by atoms with Crippen LogP contribution in [0.5, 0.6) is 0 Å². The number of nitrogens with zero attached hydrogens (tertiary/aromatic N) is 5. The molecule has 0 aliphatic heterocycles. The van der Waals surface area contributed by atoms with Crippen molar-refractivity contribution in [1.29, 1.82) is 0 Å². The summed E-state index contributed by atoms with van der Waals surface area (Å²) < 4.78 is 1.80. The Labute approximate surface area is 219 Å². The molecule has 0 unspecified atom stereocenters. The van der Waals surface area contributed by atoms with Gasteiger partial charge >= 0.3 is 0 Å². The van der Waals surface area contributed by atoms with Crippen molar-refractivity contribution in [3.05, 3.63) is 90.4 Å². The number of nitrogens with one attached hydrogen (secondary N) is 1. The van der Waals surface area contributed by atoms with Gasteiger partial charge in [-0.25, -0.2) is 9.97 Å². The highest BCUT2D eigenvalue weighted by Crippen LogP contribution is 2.47. The van der Waals surface area contributed by atoms with Gasteiger partial charge in [0.15, 0.2) is 11.3 Å². The molecule has 8 nitrogen and oxygen atoms in total. The Morgan fingerprint density at radius 1 is 0.974 bits per heavy atom. The van der Waals surface area contributed by atoms with Gasteiger partial charge in [0.25, 0.3) is 0 Å². The predicted octanol–water partition coefficient (Wildman–Crippen LogP) is 5.01. The van der Waals surface area contributed by atoms with E-state index in [4.69, 9.17) is 20.8 Å². The summed E-state index contributed by atoms with van der Waals surface area (Å²) in [5.74, 6) is 0. The summed E-state index contributed by atoms with van der Waals surface area (Å²) in [6.07, 6.45) is 4.76. The number of hydrogen-bond donors (Lipinski definition) is 3. The molecule has 8 heteroatoms. The minimum atomic E-state index is -0.715. The van der Waals surface area contributed by atoms with Crippen LogP contribution in [0.25, 0.3) is 50.3 Å². The summed E-state index contributed by atoms with van der Waals surface area (Å²) in [5.41, 5.74) is 14.2. The number of aryl methyl sites for hydroxylation is 1. The van der Waals surface area contributed by atoms with Crippen LogP contribution >= 0.6 is 0 Å². The summed E-state index contributed by atoms with van der Waals surface area (Å²) in [6, 6.07) is 22.4. The minimum absolute atomic E-state index is 0.522. The molecule has 1 saturated carbocycles. The molecule has 0 radical (unpaired) electrons. The van der Waals surface area contributed by atoms with Crippen molar-refractivity contribution >= 4 is 16.7 Å². The maximum atomic E-state index is 10.3. The van der Waals surface area contributed by atoms with Gasteiger partial charge in [-0.3, -0.25) is 5.10 Å². The van der Waals surface area contributed by atoms with Gasteiger partial charge < -0.3 is 10.8 Å². The first-order valence-corrected chi connectivity index (χ1v) is 12.7. The summed E-state index contributed by atoms with van der Waals surface area (Å²) in [5, 5.41) is 23.4. The van der Waals surface area contributed by atoms with Gasteiger partial charge in [0, 0.05) is 46.1 Å². The summed E-state index contributed by atoms with van der Waals surface area (Å²) in [7, 11) is 0. The lowest BCUT2D eigenvalue weighted by Gasteiger charge is -2.49. The zero-order valence-corrected chi connectivity index (χ0v) is 21.2. The fraction of sp³-hybridized carbons (Fsp3) is 0.200. The Bertz CT molecular complexity index is 1800. The van der Waals surface area contributed by atoms with Gasteiger partial charge in [0.1, 0.15) is 0 Å². The number of aliphatic hydroxyl groups is 1. The highest BCUT2D eigenvalue weighted by molar-refractivity contribution is 6.05. The number of hydrogen-bond acceptors (Lipinski definition) is 6. The monoisotopic (exact) mass is 501 g/mol. The van der Waals surface area contributed by atoms with Crippen LogP contribution < -0.4 is 5.73 Å². The Kier molecular flexibility index (Phi) is 4.82. The molecule has 1 aliphatic rings. The number of aromatic nitrogens is 6. The van der Waals surface area contributed by atoms with Gasteiger partial charge in [-0.15, -0.1) is 0 Å². The second-order valence-corrected chi connectivity index (χ2v) is 10.7. The molecule has 4 aromatic heterocycles. The first-order valence-electron chi connectivity index (χ1n) is 12.7. The zero-order valence-electron chi connectivity index (χ0n) is 21.2. The third kappa shape index (κ3) is 3.53. The summed E-state index contributed by atoms with van der Waals surface area (Å²) in [4.78, 5) is 9.93. The highest BCUT2D eigenvalue weighted by Gasteiger charge is 2.49. The molecule has 1 fully saturated rings. The highest BCUT2D eigenvalue weighted by atomic mass is 16.3. The molecule has 4 N–H and O–H groups in total. The normalized spacial score (nSPS) is 21.2. The fourth-order valence-electron chi connectivity index (χ4n) is 5.97. The molecular weight excluding hydrogens is 474 g/mol. The first kappa shape index (κ1) is 22.8. The molecule has 1 aliphatic carbocycles. The maximum Gasteiger partial charge on any atom is 0.165 e. The SMILES string of the molecule is Cc1cc2ncc3c(-c4cc[nH]n4)c(-c4ccccc4)c(-c4ccc([C@]5(N)C[C@@](C)(O)C5)cc4)nc3n2n1. The van der Waals surface area contributed by atoms with Crippen molar-refractivity contribution in [1.82, 2.24) is 29.8 Å². The van der Waals surface area contributed by atoms with Crippen LogP contribution in [0.3, 0.4) is 0 Å². The van der Waals surface area contributed by atoms with Crippen LogP contribution in [0.4, 0.5) is 0 Å². The molecule has 0 atom stereocenters. The predicted molar refractivity (Wildman–Crippen MR) is 147 cm³/mol. The van der Waals surface area contributed by atoms with E-state index >= 15 is 0 Å². The zero-order chi connectivity index (χ0) is 26.1. The lowest BCUT2D eigenvalue weighted by molar-refractivity contribution is -0.0738. The fourth-order valence-corrected chi connectivity index (χ4v) is 5.97. The van der Waals surface area contributed by atoms with Crippen molar-refractivity contribution in [3.63, 3.8) is 0 Å². The number of benzene rings is 2. The van der Waals surface area contributed by atoms with E-state index < -0.39 is 11.1 Å². The van der Waals surface area contributed by atoms with Gasteiger partial charge in [-0.2, -0.15) is 14.7 Å². The topological polar surface area (TPSA) is 118 Å². The molecule has 0 saturated heterocycles. The summed E-state index contributed by atoms with van der Waals surface area (Å²) in [6.45, 7) is 3.79. The minimum Gasteiger partial charge on any atom is -0.390 e. The molecule has 0 bridgehead atoms. The van der Waals surface area contributed by atoms with Crippen molar-refractivity contribution < 1.29 is 5.11 Å². The third-order valence-corrected chi connectivity index (χ3v) is 7.50. The van der Waals surface area contributed by atoms with E-state index in [1.165, 1.54) is 0 Å². The number of H-pyrrole nitrogens is 1. The van der Waals surface area contributed by atoms with Crippen molar-refractivity contribution in [3.8, 4) is 33.6 Å². The molecule has 0 spiro atoms. The number of pyridine rings is 1. The van der Waals surface area contributed by atoms with Crippen LogP contribution in [0.1, 0.15) is 31.0 Å². The molecule has 4 heterocycles. The molecule has 0 amide bonds. The van der Waals surface area contributed by atoms with Gasteiger partial charge in [0.05, 0.1) is 22.7 Å². The summed E-state index contributed by atoms with van der Waals surface area (Å²) >= 11 is 0. The standard InChI is InChI=1S/C30H27N7O/c1-18-14-24-32-15-22-26(23-12-13-33-35-23)25(19-6-4-3-5-7-19)27(34-28(22)37(24)36-18)20-8-10-21(11-9-20)30(31)16-29(2,38)17-30/h3-15,38H,16-17,31H2,1-2H3,(H,33,35)/t29-,30+. The van der Waals surface area contributed by atoms with E-state index in [0.717, 1.165) is 55.9 Å². The van der Waals surface area contributed by atoms with E-state index in [0.29, 0.717) is 18.5 Å². The number of rotatable bonds is 4. The number of nitrogens with two attached hydrogens (primary N) is 1. The lowest BCUT2D eigenvalue weighted by Crippen LogP contribution is -2.58. The van der Waals surface area contributed by atoms with Gasteiger partial charge in [0.2, 0.25) is 0 Å². The molecule has 38 heavy (non-hydrogen) atoms. The maximum absolute atomic E-state index is 10.3. The van der Waals surface area contributed by atoms with E-state index in [2.05, 4.69) is 46.6 Å². The average Bonchev–Trinajstić information content (AvgIpc) is 3.56. The van der Waals surface area contributed by atoms with Gasteiger partial charge in [-0.05, 0) is 43.9 Å². The lowest BCUT2D eigenvalue weighted by atomic mass is 9.63. The van der Waals surface area contributed by atoms with E-state index in [9.17, 15) is 5.11 Å². The Hall–Kier alpha value is -4.40. The Balaban J connectivity index is 1.53. The largest absolute Gasteiger partial charge is 0.390 e. The van der Waals surface area contributed by atoms with Gasteiger partial charge in [-0.1, -0.05) is 54.6 Å². The van der Waals surface area contributed by atoms with Crippen molar-refractivity contribution in [2.75, 3.05) is 0 Å². The molecule has 7 rings (SSSR count). The smallest absolute Gasteiger partial charge is 0.165 e. The van der Waals surface area contributed by atoms with Crippen molar-refractivity contribution in [2.45, 2.75) is 37.8 Å². The second kappa shape index (κ2) is 8.05. The molecule has 6 aromatic rings. The quantitative estimate of drug-likeness (QED) is 0.313. The van der Waals surface area contributed by atoms with Crippen LogP contribution in [0.15, 0.2) is 79.1 Å². The van der Waals surface area contributed by atoms with E-state index in [-0.39, 0.29) is 0 Å². The number of aromatic amines is 1. The van der Waals surface area contributed by atoms with Crippen LogP contribution in [0, 0.1) is 6.92 Å². The first-order chi connectivity index (χ1) is 18.3. The molecule has 188 valence electrons. The van der Waals surface area contributed by atoms with Crippen LogP contribution in [-0.4, -0.2) is 40.5 Å². The Morgan fingerprint density at radius 3 is 2.42 bits per heavy atom. The number of fused-ring (bicyclic) bond motifs is 3. The van der Waals surface area contributed by atoms with Crippen molar-refractivity contribution in [2.24, 2.45) is 5.73 Å². The average molecular weight is 502 g/mol. The second-order valence-electron chi connectivity index (χ2n) is 10.7.